The second-order valence-corrected chi connectivity index (χ2v) is 8.08. The van der Waals surface area contributed by atoms with E-state index in [2.05, 4.69) is 20.2 Å². The zero-order valence-electron chi connectivity index (χ0n) is 16.2. The molecule has 0 bridgehead atoms. The smallest absolute Gasteiger partial charge is 0.271 e. The van der Waals surface area contributed by atoms with Crippen molar-refractivity contribution in [1.82, 2.24) is 29.2 Å². The van der Waals surface area contributed by atoms with E-state index < -0.39 is 6.17 Å². The normalized spacial score (nSPS) is 25.5. The van der Waals surface area contributed by atoms with Gasteiger partial charge in [-0.25, -0.2) is 14.4 Å². The maximum absolute atomic E-state index is 13.5. The molecule has 5 rings (SSSR count). The SMILES string of the molecule is O=C(NC1CCC(N2CC[C@H](F)C2)CC1)c1cn2cccc2c(-n2ccnc2)n1. The quantitative estimate of drug-likeness (QED) is 0.736. The first-order valence-electron chi connectivity index (χ1n) is 10.3. The Bertz CT molecular complexity index is 992. The lowest BCUT2D eigenvalue weighted by molar-refractivity contribution is 0.0904. The van der Waals surface area contributed by atoms with Gasteiger partial charge in [-0.3, -0.25) is 14.3 Å². The van der Waals surface area contributed by atoms with Crippen LogP contribution in [0.3, 0.4) is 0 Å². The van der Waals surface area contributed by atoms with E-state index in [9.17, 15) is 9.18 Å². The topological polar surface area (TPSA) is 67.5 Å². The first kappa shape index (κ1) is 18.3. The highest BCUT2D eigenvalue weighted by Crippen LogP contribution is 2.27. The number of halogens is 1. The molecule has 1 atom stereocenters. The van der Waals surface area contributed by atoms with Gasteiger partial charge in [0.2, 0.25) is 0 Å². The number of carbonyl (C=O) groups excluding carboxylic acids is 1. The number of alkyl halides is 1. The lowest BCUT2D eigenvalue weighted by Gasteiger charge is -2.34. The number of aromatic nitrogens is 4. The fourth-order valence-corrected chi connectivity index (χ4v) is 4.63. The van der Waals surface area contributed by atoms with Crippen LogP contribution in [0.1, 0.15) is 42.6 Å². The maximum Gasteiger partial charge on any atom is 0.271 e. The lowest BCUT2D eigenvalue weighted by Crippen LogP contribution is -2.43. The molecule has 3 aromatic heterocycles. The highest BCUT2D eigenvalue weighted by atomic mass is 19.1. The number of carbonyl (C=O) groups is 1. The molecule has 0 radical (unpaired) electrons. The van der Waals surface area contributed by atoms with Crippen molar-refractivity contribution in [2.24, 2.45) is 0 Å². The Morgan fingerprint density at radius 3 is 2.76 bits per heavy atom. The predicted molar refractivity (Wildman–Crippen MR) is 107 cm³/mol. The van der Waals surface area contributed by atoms with Gasteiger partial charge in [-0.1, -0.05) is 0 Å². The molecule has 1 saturated heterocycles. The molecule has 8 heteroatoms. The highest BCUT2D eigenvalue weighted by Gasteiger charge is 2.31. The summed E-state index contributed by atoms with van der Waals surface area (Å²) in [5.74, 6) is 0.522. The van der Waals surface area contributed by atoms with Crippen molar-refractivity contribution in [2.45, 2.75) is 50.4 Å². The molecule has 1 N–H and O–H groups in total. The van der Waals surface area contributed by atoms with Gasteiger partial charge in [0.25, 0.3) is 5.91 Å². The lowest BCUT2D eigenvalue weighted by atomic mass is 9.90. The summed E-state index contributed by atoms with van der Waals surface area (Å²) in [6.45, 7) is 1.43. The van der Waals surface area contributed by atoms with Crippen LogP contribution in [0.4, 0.5) is 4.39 Å². The van der Waals surface area contributed by atoms with Crippen molar-refractivity contribution in [3.63, 3.8) is 0 Å². The Hall–Kier alpha value is -2.74. The molecular formula is C21H25FN6O. The molecule has 1 saturated carbocycles. The minimum absolute atomic E-state index is 0.140. The summed E-state index contributed by atoms with van der Waals surface area (Å²) in [7, 11) is 0. The third-order valence-electron chi connectivity index (χ3n) is 6.19. The minimum atomic E-state index is -0.674. The molecule has 4 heterocycles. The fraction of sp³-hybridized carbons (Fsp3) is 0.476. The van der Waals surface area contributed by atoms with Gasteiger partial charge in [-0.15, -0.1) is 0 Å². The number of fused-ring (bicyclic) bond motifs is 1. The summed E-state index contributed by atoms with van der Waals surface area (Å²) in [5.41, 5.74) is 1.30. The predicted octanol–water partition coefficient (Wildman–Crippen LogP) is 2.60. The van der Waals surface area contributed by atoms with E-state index in [0.29, 0.717) is 30.5 Å². The Kier molecular flexibility index (Phi) is 4.79. The summed E-state index contributed by atoms with van der Waals surface area (Å²) in [6, 6.07) is 4.49. The van der Waals surface area contributed by atoms with Gasteiger partial charge in [0.1, 0.15) is 18.2 Å². The molecular weight excluding hydrogens is 371 g/mol. The Balaban J connectivity index is 1.27. The van der Waals surface area contributed by atoms with Crippen molar-refractivity contribution >= 4 is 11.4 Å². The molecule has 1 amide bonds. The molecule has 0 unspecified atom stereocenters. The molecule has 2 aliphatic rings. The molecule has 7 nitrogen and oxygen atoms in total. The molecule has 0 spiro atoms. The van der Waals surface area contributed by atoms with Gasteiger partial charge >= 0.3 is 0 Å². The van der Waals surface area contributed by atoms with Crippen molar-refractivity contribution < 1.29 is 9.18 Å². The first-order valence-corrected chi connectivity index (χ1v) is 10.3. The van der Waals surface area contributed by atoms with Gasteiger partial charge in [0, 0.05) is 50.0 Å². The summed E-state index contributed by atoms with van der Waals surface area (Å²) in [6.07, 6.45) is 12.7. The number of hydrogen-bond donors (Lipinski definition) is 1. The fourth-order valence-electron chi connectivity index (χ4n) is 4.63. The monoisotopic (exact) mass is 396 g/mol. The summed E-state index contributed by atoms with van der Waals surface area (Å²) in [5, 5.41) is 3.15. The summed E-state index contributed by atoms with van der Waals surface area (Å²) >= 11 is 0. The van der Waals surface area contributed by atoms with Crippen LogP contribution in [0.15, 0.2) is 43.2 Å². The number of likely N-dealkylation sites (tertiary alicyclic amines) is 1. The summed E-state index contributed by atoms with van der Waals surface area (Å²) < 4.78 is 17.2. The average Bonchev–Trinajstić information content (AvgIpc) is 3.49. The molecule has 0 aromatic carbocycles. The van der Waals surface area contributed by atoms with Crippen molar-refractivity contribution in [2.75, 3.05) is 13.1 Å². The van der Waals surface area contributed by atoms with Crippen molar-refractivity contribution in [1.29, 1.82) is 0 Å². The third-order valence-corrected chi connectivity index (χ3v) is 6.19. The van der Waals surface area contributed by atoms with E-state index in [4.69, 9.17) is 0 Å². The zero-order valence-corrected chi connectivity index (χ0v) is 16.2. The van der Waals surface area contributed by atoms with Gasteiger partial charge in [0.05, 0.1) is 5.52 Å². The van der Waals surface area contributed by atoms with Gasteiger partial charge in [0.15, 0.2) is 5.82 Å². The van der Waals surface area contributed by atoms with E-state index in [1.807, 2.05) is 33.5 Å². The van der Waals surface area contributed by atoms with Crippen LogP contribution in [0, 0.1) is 0 Å². The number of amides is 1. The molecule has 152 valence electrons. The number of imidazole rings is 1. The van der Waals surface area contributed by atoms with Crippen LogP contribution in [0.25, 0.3) is 11.3 Å². The first-order chi connectivity index (χ1) is 14.2. The Morgan fingerprint density at radius 2 is 2.03 bits per heavy atom. The van der Waals surface area contributed by atoms with E-state index >= 15 is 0 Å². The minimum Gasteiger partial charge on any atom is -0.348 e. The Morgan fingerprint density at radius 1 is 1.17 bits per heavy atom. The van der Waals surface area contributed by atoms with Gasteiger partial charge in [-0.2, -0.15) is 0 Å². The van der Waals surface area contributed by atoms with E-state index in [0.717, 1.165) is 37.7 Å². The van der Waals surface area contributed by atoms with Crippen LogP contribution >= 0.6 is 0 Å². The van der Waals surface area contributed by atoms with Gasteiger partial charge in [-0.05, 0) is 44.2 Å². The van der Waals surface area contributed by atoms with Crippen LogP contribution in [0.5, 0.6) is 0 Å². The zero-order chi connectivity index (χ0) is 19.8. The van der Waals surface area contributed by atoms with Crippen molar-refractivity contribution in [3.05, 3.63) is 48.9 Å². The Labute approximate surface area is 168 Å². The number of nitrogens with zero attached hydrogens (tertiary/aromatic N) is 5. The van der Waals surface area contributed by atoms with Crippen molar-refractivity contribution in [3.8, 4) is 5.82 Å². The van der Waals surface area contributed by atoms with E-state index in [1.54, 1.807) is 18.7 Å². The largest absolute Gasteiger partial charge is 0.348 e. The third kappa shape index (κ3) is 3.64. The second kappa shape index (κ2) is 7.59. The highest BCUT2D eigenvalue weighted by molar-refractivity contribution is 5.93. The maximum atomic E-state index is 13.5. The van der Waals surface area contributed by atoms with Crippen LogP contribution in [-0.4, -0.2) is 61.1 Å². The molecule has 29 heavy (non-hydrogen) atoms. The van der Waals surface area contributed by atoms with Crippen LogP contribution in [0.2, 0.25) is 0 Å². The van der Waals surface area contributed by atoms with E-state index in [1.165, 1.54) is 0 Å². The van der Waals surface area contributed by atoms with Gasteiger partial charge < -0.3 is 9.72 Å². The molecule has 2 fully saturated rings. The average molecular weight is 396 g/mol. The van der Waals surface area contributed by atoms with E-state index in [-0.39, 0.29) is 11.9 Å². The molecule has 3 aromatic rings. The van der Waals surface area contributed by atoms with Crippen LogP contribution < -0.4 is 5.32 Å². The molecule has 1 aliphatic heterocycles. The second-order valence-electron chi connectivity index (χ2n) is 8.08. The number of rotatable bonds is 4. The number of nitrogens with one attached hydrogen (secondary N) is 1. The standard InChI is InChI=1S/C21H25FN6O/c22-15-7-10-26(12-15)17-5-3-16(4-6-17)24-21(29)18-13-27-9-1-2-19(27)20(25-18)28-11-8-23-14-28/h1-2,8-9,11,13-17H,3-7,10,12H2,(H,24,29)/t15-,16?,17?/m0/s1. The van der Waals surface area contributed by atoms with Crippen LogP contribution in [-0.2, 0) is 0 Å². The summed E-state index contributed by atoms with van der Waals surface area (Å²) in [4.78, 5) is 23.9. The number of hydrogen-bond acceptors (Lipinski definition) is 4. The molecule has 1 aliphatic carbocycles.